The Labute approximate surface area is 160 Å². The minimum absolute atomic E-state index is 0.109. The van der Waals surface area contributed by atoms with Crippen molar-refractivity contribution < 1.29 is 4.79 Å². The van der Waals surface area contributed by atoms with E-state index in [-0.39, 0.29) is 11.2 Å². The summed E-state index contributed by atoms with van der Waals surface area (Å²) in [5.41, 5.74) is 6.44. The third kappa shape index (κ3) is 3.45. The fourth-order valence-electron chi connectivity index (χ4n) is 3.49. The fourth-order valence-corrected chi connectivity index (χ4v) is 4.64. The van der Waals surface area contributed by atoms with Gasteiger partial charge in [-0.2, -0.15) is 0 Å². The Hall–Kier alpha value is -2.37. The molecule has 2 heterocycles. The molecule has 1 fully saturated rings. The molecular formula is C21H18N2OS2. The first kappa shape index (κ1) is 17.1. The molecule has 0 spiro atoms. The van der Waals surface area contributed by atoms with E-state index in [1.807, 2.05) is 30.6 Å². The van der Waals surface area contributed by atoms with Crippen molar-refractivity contribution in [3.63, 3.8) is 0 Å². The number of thiazole rings is 2. The summed E-state index contributed by atoms with van der Waals surface area (Å²) in [6.45, 7) is 2.25. The number of nitrogens with zero attached hydrogens (tertiary/aromatic N) is 2. The van der Waals surface area contributed by atoms with E-state index in [4.69, 9.17) is 0 Å². The SMILES string of the molecule is CC1(c2ccccc2)CC(=Cc2cncs2)C(=O)C(=Cc2cncs2)C1. The standard InChI is InChI=1S/C21H18N2OS2/c1-21(17-5-3-2-4-6-17)9-15(7-18-11-22-13-25-18)20(24)16(10-21)8-19-12-23-14-26-19/h2-8,11-14H,9-10H2,1H3. The van der Waals surface area contributed by atoms with Gasteiger partial charge in [-0.25, -0.2) is 0 Å². The summed E-state index contributed by atoms with van der Waals surface area (Å²) in [6, 6.07) is 10.5. The van der Waals surface area contributed by atoms with Gasteiger partial charge < -0.3 is 0 Å². The number of hydrogen-bond acceptors (Lipinski definition) is 5. The molecule has 1 saturated carbocycles. The molecule has 130 valence electrons. The summed E-state index contributed by atoms with van der Waals surface area (Å²) in [5.74, 6) is 0.139. The van der Waals surface area contributed by atoms with E-state index in [1.54, 1.807) is 33.7 Å². The zero-order chi connectivity index (χ0) is 18.0. The van der Waals surface area contributed by atoms with Crippen LogP contribution in [0.3, 0.4) is 0 Å². The number of benzene rings is 1. The largest absolute Gasteiger partial charge is 0.289 e. The number of rotatable bonds is 3. The molecule has 3 aromatic rings. The summed E-state index contributed by atoms with van der Waals surface area (Å²) in [6.07, 6.45) is 9.08. The number of Topliss-reactive ketones (excluding diaryl/α,β-unsaturated/α-hetero) is 1. The monoisotopic (exact) mass is 378 g/mol. The van der Waals surface area contributed by atoms with Crippen LogP contribution in [-0.2, 0) is 10.2 Å². The lowest BCUT2D eigenvalue weighted by Gasteiger charge is -2.36. The van der Waals surface area contributed by atoms with Gasteiger partial charge in [-0.1, -0.05) is 37.3 Å². The topological polar surface area (TPSA) is 42.9 Å². The van der Waals surface area contributed by atoms with Crippen molar-refractivity contribution in [2.75, 3.05) is 0 Å². The van der Waals surface area contributed by atoms with E-state index in [1.165, 1.54) is 5.56 Å². The van der Waals surface area contributed by atoms with Crippen molar-refractivity contribution >= 4 is 40.6 Å². The fraction of sp³-hybridized carbons (Fsp3) is 0.190. The Morgan fingerprint density at radius 2 is 1.46 bits per heavy atom. The van der Waals surface area contributed by atoms with Gasteiger partial charge in [0.15, 0.2) is 5.78 Å². The van der Waals surface area contributed by atoms with Crippen LogP contribution in [0.25, 0.3) is 12.2 Å². The molecule has 0 saturated heterocycles. The first-order valence-corrected chi connectivity index (χ1v) is 10.2. The molecule has 0 bridgehead atoms. The lowest BCUT2D eigenvalue weighted by atomic mass is 9.66. The third-order valence-corrected chi connectivity index (χ3v) is 6.20. The summed E-state index contributed by atoms with van der Waals surface area (Å²) in [4.78, 5) is 23.4. The van der Waals surface area contributed by atoms with Gasteiger partial charge >= 0.3 is 0 Å². The van der Waals surface area contributed by atoms with Crippen LogP contribution in [0.4, 0.5) is 0 Å². The number of carbonyl (C=O) groups is 1. The van der Waals surface area contributed by atoms with Crippen molar-refractivity contribution in [2.45, 2.75) is 25.2 Å². The van der Waals surface area contributed by atoms with E-state index < -0.39 is 0 Å². The van der Waals surface area contributed by atoms with Gasteiger partial charge in [-0.3, -0.25) is 14.8 Å². The Morgan fingerprint density at radius 3 is 1.92 bits per heavy atom. The summed E-state index contributed by atoms with van der Waals surface area (Å²) >= 11 is 3.11. The van der Waals surface area contributed by atoms with E-state index in [9.17, 15) is 4.79 Å². The number of allylic oxidation sites excluding steroid dienone is 2. The molecule has 26 heavy (non-hydrogen) atoms. The highest BCUT2D eigenvalue weighted by atomic mass is 32.1. The number of hydrogen-bond donors (Lipinski definition) is 0. The van der Waals surface area contributed by atoms with E-state index >= 15 is 0 Å². The molecule has 0 radical (unpaired) electrons. The molecule has 5 heteroatoms. The molecule has 1 aliphatic carbocycles. The molecular weight excluding hydrogens is 360 g/mol. The summed E-state index contributed by atoms with van der Waals surface area (Å²) in [5, 5.41) is 0. The summed E-state index contributed by atoms with van der Waals surface area (Å²) < 4.78 is 0. The zero-order valence-electron chi connectivity index (χ0n) is 14.4. The van der Waals surface area contributed by atoms with Gasteiger partial charge in [-0.05, 0) is 30.6 Å². The van der Waals surface area contributed by atoms with Crippen LogP contribution in [0.15, 0.2) is 64.9 Å². The Kier molecular flexibility index (Phi) is 4.66. The zero-order valence-corrected chi connectivity index (χ0v) is 16.0. The second kappa shape index (κ2) is 7.09. The van der Waals surface area contributed by atoms with E-state index in [0.717, 1.165) is 33.7 Å². The van der Waals surface area contributed by atoms with Crippen LogP contribution < -0.4 is 0 Å². The van der Waals surface area contributed by atoms with Gasteiger partial charge in [0.05, 0.1) is 11.0 Å². The molecule has 0 unspecified atom stereocenters. The Morgan fingerprint density at radius 1 is 0.923 bits per heavy atom. The quantitative estimate of drug-likeness (QED) is 0.574. The molecule has 2 aromatic heterocycles. The number of aromatic nitrogens is 2. The minimum atomic E-state index is -0.109. The highest BCUT2D eigenvalue weighted by Gasteiger charge is 2.37. The first-order valence-electron chi connectivity index (χ1n) is 8.42. The molecule has 1 aromatic carbocycles. The molecule has 4 rings (SSSR count). The van der Waals surface area contributed by atoms with Crippen LogP contribution in [0.2, 0.25) is 0 Å². The number of carbonyl (C=O) groups excluding carboxylic acids is 1. The van der Waals surface area contributed by atoms with Gasteiger partial charge in [0.2, 0.25) is 0 Å². The van der Waals surface area contributed by atoms with Crippen LogP contribution in [-0.4, -0.2) is 15.8 Å². The first-order chi connectivity index (χ1) is 12.6. The smallest absolute Gasteiger partial charge is 0.185 e. The average molecular weight is 379 g/mol. The average Bonchev–Trinajstić information content (AvgIpc) is 3.34. The van der Waals surface area contributed by atoms with Crippen molar-refractivity contribution in [1.29, 1.82) is 0 Å². The van der Waals surface area contributed by atoms with Crippen molar-refractivity contribution in [2.24, 2.45) is 0 Å². The molecule has 0 amide bonds. The summed E-state index contributed by atoms with van der Waals surface area (Å²) in [7, 11) is 0. The molecule has 1 aliphatic rings. The van der Waals surface area contributed by atoms with Gasteiger partial charge in [0.25, 0.3) is 0 Å². The van der Waals surface area contributed by atoms with Crippen molar-refractivity contribution in [3.8, 4) is 0 Å². The Balaban J connectivity index is 1.79. The normalized spacial score (nSPS) is 23.7. The molecule has 0 aliphatic heterocycles. The van der Waals surface area contributed by atoms with Gasteiger partial charge in [0, 0.05) is 38.7 Å². The molecule has 0 atom stereocenters. The highest BCUT2D eigenvalue weighted by Crippen LogP contribution is 2.43. The van der Waals surface area contributed by atoms with Crippen LogP contribution >= 0.6 is 22.7 Å². The van der Waals surface area contributed by atoms with Crippen molar-refractivity contribution in [3.05, 3.63) is 80.2 Å². The second-order valence-corrected chi connectivity index (χ2v) is 8.59. The Bertz CT molecular complexity index is 899. The maximum absolute atomic E-state index is 13.1. The lowest BCUT2D eigenvalue weighted by Crippen LogP contribution is -2.32. The number of ketones is 1. The minimum Gasteiger partial charge on any atom is -0.289 e. The maximum atomic E-state index is 13.1. The van der Waals surface area contributed by atoms with Gasteiger partial charge in [-0.15, -0.1) is 22.7 Å². The van der Waals surface area contributed by atoms with Crippen LogP contribution in [0.5, 0.6) is 0 Å². The van der Waals surface area contributed by atoms with Crippen LogP contribution in [0.1, 0.15) is 35.1 Å². The molecule has 0 N–H and O–H groups in total. The van der Waals surface area contributed by atoms with E-state index in [0.29, 0.717) is 0 Å². The van der Waals surface area contributed by atoms with Crippen LogP contribution in [0, 0.1) is 0 Å². The van der Waals surface area contributed by atoms with E-state index in [2.05, 4.69) is 41.2 Å². The van der Waals surface area contributed by atoms with Gasteiger partial charge in [0.1, 0.15) is 0 Å². The van der Waals surface area contributed by atoms with Crippen molar-refractivity contribution in [1.82, 2.24) is 9.97 Å². The predicted molar refractivity (Wildman–Crippen MR) is 108 cm³/mol. The highest BCUT2D eigenvalue weighted by molar-refractivity contribution is 7.10. The predicted octanol–water partition coefficient (Wildman–Crippen LogP) is 5.39. The second-order valence-electron chi connectivity index (χ2n) is 6.76. The maximum Gasteiger partial charge on any atom is 0.185 e. The molecule has 3 nitrogen and oxygen atoms in total. The third-order valence-electron chi connectivity index (χ3n) is 4.75. The lowest BCUT2D eigenvalue weighted by molar-refractivity contribution is -0.113.